The summed E-state index contributed by atoms with van der Waals surface area (Å²) >= 11 is 7.95. The molecule has 3 heterocycles. The Bertz CT molecular complexity index is 1410. The van der Waals surface area contributed by atoms with Crippen molar-refractivity contribution in [3.63, 3.8) is 0 Å². The summed E-state index contributed by atoms with van der Waals surface area (Å²) in [5, 5.41) is 1.05. The van der Waals surface area contributed by atoms with Crippen molar-refractivity contribution in [3.8, 4) is 22.6 Å². The molecule has 1 aliphatic rings. The highest BCUT2D eigenvalue weighted by molar-refractivity contribution is 8.00. The van der Waals surface area contributed by atoms with Gasteiger partial charge in [0.2, 0.25) is 0 Å². The quantitative estimate of drug-likeness (QED) is 0.152. The van der Waals surface area contributed by atoms with E-state index < -0.39 is 11.6 Å². The van der Waals surface area contributed by atoms with Crippen LogP contribution in [0, 0.1) is 5.82 Å². The molecule has 2 aromatic heterocycles. The number of rotatable bonds is 8. The van der Waals surface area contributed by atoms with Gasteiger partial charge in [-0.05, 0) is 30.7 Å². The van der Waals surface area contributed by atoms with E-state index in [4.69, 9.17) is 21.1 Å². The smallest absolute Gasteiger partial charge is 0.198 e. The van der Waals surface area contributed by atoms with Crippen LogP contribution in [0.5, 0.6) is 11.5 Å². The van der Waals surface area contributed by atoms with Gasteiger partial charge in [0, 0.05) is 46.3 Å². The Hall–Kier alpha value is -3.23. The van der Waals surface area contributed by atoms with E-state index in [0.29, 0.717) is 63.1 Å². The first-order chi connectivity index (χ1) is 17.1. The first kappa shape index (κ1) is 23.5. The molecule has 0 saturated heterocycles. The Morgan fingerprint density at radius 1 is 1.20 bits per heavy atom. The number of ether oxygens (including phenoxy) is 2. The number of nitrogens with zero attached hydrogens (tertiary/aromatic N) is 1. The lowest BCUT2D eigenvalue weighted by Gasteiger charge is -2.19. The fourth-order valence-corrected chi connectivity index (χ4v) is 5.01. The molecule has 180 valence electrons. The highest BCUT2D eigenvalue weighted by Gasteiger charge is 2.22. The Morgan fingerprint density at radius 3 is 2.80 bits per heavy atom. The largest absolute Gasteiger partial charge is 0.486 e. The molecule has 0 amide bonds. The van der Waals surface area contributed by atoms with Gasteiger partial charge < -0.3 is 19.2 Å². The molecule has 0 bridgehead atoms. The minimum absolute atomic E-state index is 0.00486. The maximum Gasteiger partial charge on any atom is 0.198 e. The average Bonchev–Trinajstić information content (AvgIpc) is 3.30. The van der Waals surface area contributed by atoms with Crippen LogP contribution in [0.2, 0.25) is 5.02 Å². The maximum absolute atomic E-state index is 15.2. The second kappa shape index (κ2) is 10.2. The minimum atomic E-state index is -0.574. The number of hydrogen-bond acceptors (Lipinski definition) is 6. The number of nitrogens with one attached hydrogen (secondary N) is 2. The third kappa shape index (κ3) is 4.68. The van der Waals surface area contributed by atoms with Crippen LogP contribution >= 0.6 is 23.5 Å². The number of ketones is 1. The molecule has 2 aromatic carbocycles. The van der Waals surface area contributed by atoms with Gasteiger partial charge in [-0.1, -0.05) is 43.0 Å². The number of aromatic nitrogens is 2. The van der Waals surface area contributed by atoms with Gasteiger partial charge >= 0.3 is 0 Å². The van der Waals surface area contributed by atoms with Crippen LogP contribution < -0.4 is 14.2 Å². The molecule has 0 saturated carbocycles. The monoisotopic (exact) mass is 511 g/mol. The molecule has 5 rings (SSSR count). The number of aromatic amines is 1. The highest BCUT2D eigenvalue weighted by atomic mass is 35.5. The number of carbonyl (C=O) groups excluding carboxylic acids is 1. The molecule has 0 radical (unpaired) electrons. The van der Waals surface area contributed by atoms with Crippen LogP contribution in [0.4, 0.5) is 10.1 Å². The van der Waals surface area contributed by atoms with E-state index in [0.717, 1.165) is 18.6 Å². The number of pyridine rings is 1. The van der Waals surface area contributed by atoms with Crippen molar-refractivity contribution in [1.29, 1.82) is 0 Å². The number of anilines is 1. The van der Waals surface area contributed by atoms with Crippen molar-refractivity contribution in [2.45, 2.75) is 19.8 Å². The molecule has 4 aromatic rings. The van der Waals surface area contributed by atoms with E-state index in [1.165, 1.54) is 18.0 Å². The molecule has 0 fully saturated rings. The average molecular weight is 512 g/mol. The molecule has 6 nitrogen and oxygen atoms in total. The van der Waals surface area contributed by atoms with Gasteiger partial charge in [0.25, 0.3) is 0 Å². The Balaban J connectivity index is 1.49. The van der Waals surface area contributed by atoms with Crippen LogP contribution in [-0.2, 0) is 0 Å². The first-order valence-corrected chi connectivity index (χ1v) is 12.7. The number of benzene rings is 2. The van der Waals surface area contributed by atoms with Gasteiger partial charge in [-0.15, -0.1) is 0 Å². The Kier molecular flexibility index (Phi) is 6.83. The molecule has 0 aliphatic carbocycles. The summed E-state index contributed by atoms with van der Waals surface area (Å²) in [4.78, 5) is 20.9. The van der Waals surface area contributed by atoms with Crippen molar-refractivity contribution < 1.29 is 18.7 Å². The summed E-state index contributed by atoms with van der Waals surface area (Å²) in [5.74, 6) is 1.05. The van der Waals surface area contributed by atoms with E-state index in [1.807, 2.05) is 6.07 Å². The number of hydrogen-bond donors (Lipinski definition) is 2. The number of unbranched alkanes of at least 4 members (excludes halogenated alkanes) is 1. The summed E-state index contributed by atoms with van der Waals surface area (Å²) in [6, 6.07) is 10.1. The fourth-order valence-electron chi connectivity index (χ4n) is 3.90. The van der Waals surface area contributed by atoms with Gasteiger partial charge in [0.15, 0.2) is 23.1 Å². The zero-order valence-corrected chi connectivity index (χ0v) is 20.6. The molecule has 0 spiro atoms. The van der Waals surface area contributed by atoms with Gasteiger partial charge in [0.05, 0.1) is 16.3 Å². The van der Waals surface area contributed by atoms with Crippen LogP contribution in [0.25, 0.3) is 22.2 Å². The Morgan fingerprint density at radius 2 is 2.00 bits per heavy atom. The van der Waals surface area contributed by atoms with E-state index in [-0.39, 0.29) is 5.56 Å². The number of carbonyl (C=O) groups is 1. The predicted molar refractivity (Wildman–Crippen MR) is 138 cm³/mol. The second-order valence-corrected chi connectivity index (χ2v) is 9.41. The molecule has 2 N–H and O–H groups in total. The minimum Gasteiger partial charge on any atom is -0.486 e. The van der Waals surface area contributed by atoms with Crippen molar-refractivity contribution in [3.05, 3.63) is 70.8 Å². The van der Waals surface area contributed by atoms with Gasteiger partial charge in [0.1, 0.15) is 18.9 Å². The third-order valence-electron chi connectivity index (χ3n) is 5.74. The van der Waals surface area contributed by atoms with Gasteiger partial charge in [-0.3, -0.25) is 4.79 Å². The summed E-state index contributed by atoms with van der Waals surface area (Å²) in [7, 11) is 0. The van der Waals surface area contributed by atoms with Crippen LogP contribution in [0.1, 0.15) is 35.7 Å². The molecule has 0 atom stereocenters. The number of H-pyrrole nitrogens is 1. The van der Waals surface area contributed by atoms with Gasteiger partial charge in [-0.2, -0.15) is 0 Å². The molecule has 9 heteroatoms. The summed E-state index contributed by atoms with van der Waals surface area (Å²) in [6.07, 6.45) is 5.31. The van der Waals surface area contributed by atoms with Crippen LogP contribution in [-0.4, -0.2) is 34.7 Å². The topological polar surface area (TPSA) is 76.2 Å². The normalized spacial score (nSPS) is 12.7. The number of halogens is 2. The molecule has 0 unspecified atom stereocenters. The van der Waals surface area contributed by atoms with E-state index in [9.17, 15) is 4.79 Å². The highest BCUT2D eigenvalue weighted by Crippen LogP contribution is 2.40. The zero-order chi connectivity index (χ0) is 24.4. The zero-order valence-electron chi connectivity index (χ0n) is 19.0. The van der Waals surface area contributed by atoms with E-state index >= 15 is 4.39 Å². The molecule has 35 heavy (non-hydrogen) atoms. The summed E-state index contributed by atoms with van der Waals surface area (Å²) in [6.45, 7) is 3.03. The van der Waals surface area contributed by atoms with Gasteiger partial charge in [-0.25, -0.2) is 9.37 Å². The third-order valence-corrected chi connectivity index (χ3v) is 6.91. The lowest BCUT2D eigenvalue weighted by atomic mass is 10.00. The van der Waals surface area contributed by atoms with Crippen molar-refractivity contribution >= 4 is 46.1 Å². The molecular formula is C26H23ClFN3O3S. The second-order valence-electron chi connectivity index (χ2n) is 8.10. The lowest BCUT2D eigenvalue weighted by molar-refractivity contribution is 0.103. The van der Waals surface area contributed by atoms with E-state index in [1.54, 1.807) is 36.7 Å². The summed E-state index contributed by atoms with van der Waals surface area (Å²) < 4.78 is 29.5. The molecule has 1 aliphatic heterocycles. The first-order valence-electron chi connectivity index (χ1n) is 11.3. The van der Waals surface area contributed by atoms with Crippen molar-refractivity contribution in [1.82, 2.24) is 9.97 Å². The predicted octanol–water partition coefficient (Wildman–Crippen LogP) is 6.88. The Labute approximate surface area is 211 Å². The fraction of sp³-hybridized carbons (Fsp3) is 0.231. The molecular weight excluding hydrogens is 489 g/mol. The number of fused-ring (bicyclic) bond motifs is 2. The summed E-state index contributed by atoms with van der Waals surface area (Å²) in [5.41, 5.74) is 2.55. The van der Waals surface area contributed by atoms with Crippen LogP contribution in [0.15, 0.2) is 48.8 Å². The van der Waals surface area contributed by atoms with Crippen molar-refractivity contribution in [2.75, 3.05) is 23.7 Å². The SMILES string of the molecule is CCCCSNc1cccc(C(=O)c2c[nH]c3ncc(-c4cc5c(cc4Cl)OCCO5)cc23)c1F. The van der Waals surface area contributed by atoms with E-state index in [2.05, 4.69) is 21.6 Å². The lowest BCUT2D eigenvalue weighted by Crippen LogP contribution is -2.15. The van der Waals surface area contributed by atoms with Crippen molar-refractivity contribution in [2.24, 2.45) is 0 Å². The standard InChI is InChI=1S/C26H23ClFN3O3S/c1-2-3-9-35-31-21-6-4-5-16(24(21)28)25(32)19-14-30-26-18(19)10-15(13-29-26)17-11-22-23(12-20(17)27)34-8-7-33-22/h4-6,10-14,31H,2-3,7-9H2,1H3,(H,29,30). The maximum atomic E-state index is 15.2. The van der Waals surface area contributed by atoms with Crippen LogP contribution in [0.3, 0.4) is 0 Å².